The van der Waals surface area contributed by atoms with Crippen molar-refractivity contribution in [2.24, 2.45) is 0 Å². The van der Waals surface area contributed by atoms with Crippen LogP contribution in [0.2, 0.25) is 0 Å². The second-order valence-corrected chi connectivity index (χ2v) is 8.77. The number of hydrogen-bond donors (Lipinski definition) is 1. The van der Waals surface area contributed by atoms with Crippen molar-refractivity contribution in [3.05, 3.63) is 65.6 Å². The van der Waals surface area contributed by atoms with Gasteiger partial charge in [-0.25, -0.2) is 4.39 Å². The van der Waals surface area contributed by atoms with Gasteiger partial charge in [0, 0.05) is 42.8 Å². The number of unbranched alkanes of at least 4 members (excludes halogenated alkanes) is 1. The van der Waals surface area contributed by atoms with Gasteiger partial charge in [0.15, 0.2) is 0 Å². The Morgan fingerprint density at radius 3 is 2.52 bits per heavy atom. The summed E-state index contributed by atoms with van der Waals surface area (Å²) in [6.45, 7) is 7.09. The predicted molar refractivity (Wildman–Crippen MR) is 125 cm³/mol. The van der Waals surface area contributed by atoms with Crippen molar-refractivity contribution in [1.29, 1.82) is 0 Å². The molecular weight excluding hydrogens is 389 g/mol. The molecule has 0 radical (unpaired) electrons. The summed E-state index contributed by atoms with van der Waals surface area (Å²) in [7, 11) is 0. The van der Waals surface area contributed by atoms with Crippen LogP contribution >= 0.6 is 0 Å². The van der Waals surface area contributed by atoms with Crippen LogP contribution in [-0.2, 0) is 11.2 Å². The molecule has 5 heteroatoms. The van der Waals surface area contributed by atoms with E-state index in [0.717, 1.165) is 51.0 Å². The number of aryl methyl sites for hydroxylation is 2. The molecule has 4 rings (SSSR count). The van der Waals surface area contributed by atoms with Crippen LogP contribution in [0.1, 0.15) is 49.9 Å². The van der Waals surface area contributed by atoms with Crippen LogP contribution in [0.5, 0.6) is 0 Å². The van der Waals surface area contributed by atoms with E-state index in [-0.39, 0.29) is 11.7 Å². The van der Waals surface area contributed by atoms with Crippen LogP contribution in [0.15, 0.2) is 48.5 Å². The molecule has 0 bridgehead atoms. The molecule has 3 aromatic rings. The Bertz CT molecular complexity index is 1030. The van der Waals surface area contributed by atoms with Crippen molar-refractivity contribution in [1.82, 2.24) is 9.47 Å². The minimum absolute atomic E-state index is 0.0399. The van der Waals surface area contributed by atoms with Crippen molar-refractivity contribution in [3.63, 3.8) is 0 Å². The zero-order valence-electron chi connectivity index (χ0n) is 18.5. The second kappa shape index (κ2) is 9.65. The predicted octanol–water partition coefficient (Wildman–Crippen LogP) is 5.71. The van der Waals surface area contributed by atoms with E-state index in [9.17, 15) is 9.18 Å². The molecule has 2 aromatic carbocycles. The maximum atomic E-state index is 13.0. The van der Waals surface area contributed by atoms with E-state index in [2.05, 4.69) is 39.9 Å². The fourth-order valence-electron chi connectivity index (χ4n) is 4.84. The number of anilines is 1. The summed E-state index contributed by atoms with van der Waals surface area (Å²) in [5.41, 5.74) is 4.57. The summed E-state index contributed by atoms with van der Waals surface area (Å²) < 4.78 is 15.5. The first-order chi connectivity index (χ1) is 15.0. The van der Waals surface area contributed by atoms with Gasteiger partial charge in [-0.15, -0.1) is 0 Å². The first-order valence-corrected chi connectivity index (χ1v) is 11.4. The second-order valence-electron chi connectivity index (χ2n) is 8.77. The van der Waals surface area contributed by atoms with Gasteiger partial charge < -0.3 is 14.8 Å². The number of benzene rings is 2. The lowest BCUT2D eigenvalue weighted by Gasteiger charge is -2.34. The van der Waals surface area contributed by atoms with Crippen LogP contribution < -0.4 is 5.32 Å². The lowest BCUT2D eigenvalue weighted by atomic mass is 10.0. The SMILES string of the molecule is CC(=O)Nc1ccc2cc(C)n(C3CCN(CCCCc4ccc(F)cc4)CC3)c2c1. The minimum atomic E-state index is -0.163. The maximum absolute atomic E-state index is 13.0. The van der Waals surface area contributed by atoms with Gasteiger partial charge >= 0.3 is 0 Å². The largest absolute Gasteiger partial charge is 0.342 e. The molecule has 164 valence electrons. The van der Waals surface area contributed by atoms with E-state index < -0.39 is 0 Å². The highest BCUT2D eigenvalue weighted by Gasteiger charge is 2.22. The van der Waals surface area contributed by atoms with E-state index in [1.165, 1.54) is 28.6 Å². The van der Waals surface area contributed by atoms with Crippen molar-refractivity contribution < 1.29 is 9.18 Å². The van der Waals surface area contributed by atoms with Gasteiger partial charge in [0.2, 0.25) is 5.91 Å². The first kappa shape index (κ1) is 21.6. The Kier molecular flexibility index (Phi) is 6.71. The molecule has 0 saturated carbocycles. The Balaban J connectivity index is 1.31. The fraction of sp³-hybridized carbons (Fsp3) is 0.423. The zero-order valence-corrected chi connectivity index (χ0v) is 18.5. The van der Waals surface area contributed by atoms with Gasteiger partial charge in [-0.3, -0.25) is 4.79 Å². The third-order valence-electron chi connectivity index (χ3n) is 6.38. The molecule has 1 aromatic heterocycles. The Hall–Kier alpha value is -2.66. The van der Waals surface area contributed by atoms with Gasteiger partial charge in [0.05, 0.1) is 5.52 Å². The smallest absolute Gasteiger partial charge is 0.221 e. The monoisotopic (exact) mass is 421 g/mol. The van der Waals surface area contributed by atoms with E-state index in [1.54, 1.807) is 19.1 Å². The molecule has 1 saturated heterocycles. The molecule has 1 aliphatic rings. The zero-order chi connectivity index (χ0) is 21.8. The number of nitrogens with one attached hydrogen (secondary N) is 1. The molecular formula is C26H32FN3O. The number of rotatable bonds is 7. The average Bonchev–Trinajstić information content (AvgIpc) is 3.07. The van der Waals surface area contributed by atoms with E-state index >= 15 is 0 Å². The summed E-state index contributed by atoms with van der Waals surface area (Å²) in [4.78, 5) is 14.0. The number of hydrogen-bond acceptors (Lipinski definition) is 2. The number of fused-ring (bicyclic) bond motifs is 1. The molecule has 1 amide bonds. The number of piperidine rings is 1. The summed E-state index contributed by atoms with van der Waals surface area (Å²) in [6.07, 6.45) is 5.62. The first-order valence-electron chi connectivity index (χ1n) is 11.4. The summed E-state index contributed by atoms with van der Waals surface area (Å²) in [6, 6.07) is 15.8. The van der Waals surface area contributed by atoms with E-state index in [4.69, 9.17) is 0 Å². The summed E-state index contributed by atoms with van der Waals surface area (Å²) in [5.74, 6) is -0.203. The number of carbonyl (C=O) groups excluding carboxylic acids is 1. The van der Waals surface area contributed by atoms with Crippen molar-refractivity contribution >= 4 is 22.5 Å². The van der Waals surface area contributed by atoms with Crippen molar-refractivity contribution in [2.75, 3.05) is 25.0 Å². The Morgan fingerprint density at radius 1 is 1.06 bits per heavy atom. The quantitative estimate of drug-likeness (QED) is 0.496. The molecule has 0 atom stereocenters. The normalized spacial score (nSPS) is 15.5. The molecule has 4 nitrogen and oxygen atoms in total. The van der Waals surface area contributed by atoms with Crippen LogP contribution in [0.3, 0.4) is 0 Å². The molecule has 2 heterocycles. The highest BCUT2D eigenvalue weighted by Crippen LogP contribution is 2.32. The minimum Gasteiger partial charge on any atom is -0.342 e. The topological polar surface area (TPSA) is 37.3 Å². The highest BCUT2D eigenvalue weighted by molar-refractivity contribution is 5.92. The standard InChI is InChI=1S/C26H32FN3O/c1-19-17-22-8-11-24(28-20(2)31)18-26(22)30(19)25-12-15-29(16-13-25)14-4-3-5-21-6-9-23(27)10-7-21/h6-11,17-18,25H,3-5,12-16H2,1-2H3,(H,28,31). The van der Waals surface area contributed by atoms with Crippen LogP contribution in [0.4, 0.5) is 10.1 Å². The molecule has 0 spiro atoms. The molecule has 31 heavy (non-hydrogen) atoms. The lowest BCUT2D eigenvalue weighted by molar-refractivity contribution is -0.114. The number of halogens is 1. The molecule has 1 N–H and O–H groups in total. The van der Waals surface area contributed by atoms with Crippen molar-refractivity contribution in [3.8, 4) is 0 Å². The molecule has 1 fully saturated rings. The van der Waals surface area contributed by atoms with Crippen LogP contribution in [-0.4, -0.2) is 35.0 Å². The average molecular weight is 422 g/mol. The van der Waals surface area contributed by atoms with Crippen LogP contribution in [0.25, 0.3) is 10.9 Å². The van der Waals surface area contributed by atoms with Crippen LogP contribution in [0, 0.1) is 12.7 Å². The number of nitrogens with zero attached hydrogens (tertiary/aromatic N) is 2. The maximum Gasteiger partial charge on any atom is 0.221 e. The Morgan fingerprint density at radius 2 is 1.81 bits per heavy atom. The van der Waals surface area contributed by atoms with Gasteiger partial charge in [0.1, 0.15) is 5.82 Å². The number of carbonyl (C=O) groups is 1. The lowest BCUT2D eigenvalue weighted by Crippen LogP contribution is -2.35. The fourth-order valence-corrected chi connectivity index (χ4v) is 4.84. The van der Waals surface area contributed by atoms with Crippen molar-refractivity contribution in [2.45, 2.75) is 52.0 Å². The number of amides is 1. The molecule has 0 unspecified atom stereocenters. The third kappa shape index (κ3) is 5.34. The van der Waals surface area contributed by atoms with Gasteiger partial charge in [-0.1, -0.05) is 18.2 Å². The number of likely N-dealkylation sites (tertiary alicyclic amines) is 1. The van der Waals surface area contributed by atoms with Gasteiger partial charge in [-0.2, -0.15) is 0 Å². The van der Waals surface area contributed by atoms with E-state index in [1.807, 2.05) is 18.2 Å². The van der Waals surface area contributed by atoms with E-state index in [0.29, 0.717) is 6.04 Å². The molecule has 1 aliphatic heterocycles. The summed E-state index contributed by atoms with van der Waals surface area (Å²) >= 11 is 0. The summed E-state index contributed by atoms with van der Waals surface area (Å²) in [5, 5.41) is 4.14. The molecule has 0 aliphatic carbocycles. The van der Waals surface area contributed by atoms with Gasteiger partial charge in [-0.05, 0) is 81.5 Å². The Labute approximate surface area is 184 Å². The van der Waals surface area contributed by atoms with Gasteiger partial charge in [0.25, 0.3) is 0 Å². The third-order valence-corrected chi connectivity index (χ3v) is 6.38. The highest BCUT2D eigenvalue weighted by atomic mass is 19.1. The number of aromatic nitrogens is 1.